The van der Waals surface area contributed by atoms with Crippen LogP contribution in [0.5, 0.6) is 0 Å². The Kier molecular flexibility index (Phi) is 8.07. The molecular weight excluding hydrogens is 436 g/mol. The second kappa shape index (κ2) is 11.2. The van der Waals surface area contributed by atoms with Crippen molar-refractivity contribution in [2.75, 3.05) is 23.7 Å². The van der Waals surface area contributed by atoms with E-state index in [2.05, 4.69) is 25.6 Å². The van der Waals surface area contributed by atoms with Crippen LogP contribution in [-0.4, -0.2) is 57.5 Å². The summed E-state index contributed by atoms with van der Waals surface area (Å²) >= 11 is 0. The zero-order valence-corrected chi connectivity index (χ0v) is 19.4. The molecule has 2 N–H and O–H groups in total. The normalized spacial score (nSPS) is 13.0. The second-order valence-electron chi connectivity index (χ2n) is 8.60. The third-order valence-corrected chi connectivity index (χ3v) is 4.83. The number of hydrogen-bond acceptors (Lipinski definition) is 7. The van der Waals surface area contributed by atoms with Crippen LogP contribution in [0.3, 0.4) is 0 Å². The zero-order chi connectivity index (χ0) is 24.6. The first-order chi connectivity index (χ1) is 16.3. The van der Waals surface area contributed by atoms with Crippen LogP contribution in [0.1, 0.15) is 33.6 Å². The van der Waals surface area contributed by atoms with Gasteiger partial charge in [-0.15, -0.1) is 0 Å². The van der Waals surface area contributed by atoms with E-state index in [1.807, 2.05) is 45.0 Å². The molecule has 10 nitrogen and oxygen atoms in total. The number of nitrogens with one attached hydrogen (secondary N) is 2. The van der Waals surface area contributed by atoms with Crippen molar-refractivity contribution >= 4 is 41.6 Å². The van der Waals surface area contributed by atoms with Gasteiger partial charge in [-0.05, 0) is 63.4 Å². The Hall–Kier alpha value is -4.08. The predicted molar refractivity (Wildman–Crippen MR) is 129 cm³/mol. The van der Waals surface area contributed by atoms with Crippen LogP contribution >= 0.6 is 0 Å². The van der Waals surface area contributed by atoms with Gasteiger partial charge in [0.1, 0.15) is 11.4 Å². The molecule has 0 aliphatic carbocycles. The molecule has 2 aromatic heterocycles. The van der Waals surface area contributed by atoms with Gasteiger partial charge in [0.2, 0.25) is 18.8 Å². The summed E-state index contributed by atoms with van der Waals surface area (Å²) < 4.78 is 5.21. The van der Waals surface area contributed by atoms with Gasteiger partial charge in [-0.3, -0.25) is 14.9 Å². The molecule has 0 radical (unpaired) electrons. The summed E-state index contributed by atoms with van der Waals surface area (Å²) in [5.41, 5.74) is 2.17. The first kappa shape index (κ1) is 24.6. The van der Waals surface area contributed by atoms with Crippen molar-refractivity contribution in [3.63, 3.8) is 0 Å². The number of amides is 3. The Morgan fingerprint density at radius 1 is 0.971 bits per heavy atom. The van der Waals surface area contributed by atoms with Gasteiger partial charge in [0, 0.05) is 36.4 Å². The Bertz CT molecular complexity index is 1140. The lowest BCUT2D eigenvalue weighted by atomic mass is 10.1. The van der Waals surface area contributed by atoms with Gasteiger partial charge < -0.3 is 15.0 Å². The summed E-state index contributed by atoms with van der Waals surface area (Å²) in [6.07, 6.45) is 6.44. The summed E-state index contributed by atoms with van der Waals surface area (Å²) in [7, 11) is 0. The molecule has 1 fully saturated rings. The number of anilines is 2. The van der Waals surface area contributed by atoms with Crippen LogP contribution < -0.4 is 10.6 Å². The third kappa shape index (κ3) is 6.96. The van der Waals surface area contributed by atoms with Gasteiger partial charge in [0.25, 0.3) is 0 Å². The number of carbonyl (C=O) groups is 3. The number of hydrogen-bond donors (Lipinski definition) is 2. The highest BCUT2D eigenvalue weighted by Crippen LogP contribution is 2.24. The van der Waals surface area contributed by atoms with Gasteiger partial charge >= 0.3 is 6.09 Å². The van der Waals surface area contributed by atoms with Crippen molar-refractivity contribution in [3.05, 3.63) is 42.7 Å². The van der Waals surface area contributed by atoms with E-state index in [9.17, 15) is 14.4 Å². The molecule has 1 saturated heterocycles. The average Bonchev–Trinajstić information content (AvgIpc) is 3.35. The molecule has 0 spiro atoms. The van der Waals surface area contributed by atoms with Crippen molar-refractivity contribution in [1.82, 2.24) is 19.9 Å². The summed E-state index contributed by atoms with van der Waals surface area (Å²) in [4.78, 5) is 46.3. The monoisotopic (exact) mass is 464 g/mol. The molecule has 1 aliphatic rings. The van der Waals surface area contributed by atoms with Gasteiger partial charge in [0.05, 0.1) is 5.52 Å². The average molecular weight is 465 g/mol. The fraction of sp³-hybridized carbons (Fsp3) is 0.333. The third-order valence-electron chi connectivity index (χ3n) is 4.83. The quantitative estimate of drug-likeness (QED) is 0.549. The highest BCUT2D eigenvalue weighted by molar-refractivity contribution is 5.86. The number of carbonyl (C=O) groups excluding carboxylic acids is 3. The minimum absolute atomic E-state index is 0.167. The lowest BCUT2D eigenvalue weighted by Gasteiger charge is -2.23. The van der Waals surface area contributed by atoms with Crippen LogP contribution in [0.4, 0.5) is 16.6 Å². The maximum atomic E-state index is 11.4. The van der Waals surface area contributed by atoms with Crippen molar-refractivity contribution in [2.24, 2.45) is 0 Å². The molecule has 3 heterocycles. The largest absolute Gasteiger partial charge is 0.444 e. The van der Waals surface area contributed by atoms with Gasteiger partial charge in [-0.1, -0.05) is 6.07 Å². The van der Waals surface area contributed by atoms with E-state index in [4.69, 9.17) is 4.74 Å². The minimum Gasteiger partial charge on any atom is -0.444 e. The summed E-state index contributed by atoms with van der Waals surface area (Å²) in [6, 6.07) is 9.32. The lowest BCUT2D eigenvalue weighted by Crippen LogP contribution is -2.34. The molecule has 0 atom stereocenters. The zero-order valence-electron chi connectivity index (χ0n) is 19.4. The van der Waals surface area contributed by atoms with Gasteiger partial charge in [-0.2, -0.15) is 0 Å². The Balaban J connectivity index is 0.000000229. The van der Waals surface area contributed by atoms with Gasteiger partial charge in [-0.25, -0.2) is 19.7 Å². The van der Waals surface area contributed by atoms with Crippen LogP contribution in [0.15, 0.2) is 42.7 Å². The number of likely N-dealkylation sites (tertiary alicyclic amines) is 1. The lowest BCUT2D eigenvalue weighted by molar-refractivity contribution is -0.106. The van der Waals surface area contributed by atoms with E-state index in [1.165, 1.54) is 0 Å². The van der Waals surface area contributed by atoms with E-state index in [1.54, 1.807) is 23.4 Å². The molecule has 4 rings (SSSR count). The fourth-order valence-electron chi connectivity index (χ4n) is 3.28. The van der Waals surface area contributed by atoms with Crippen LogP contribution in [0.25, 0.3) is 22.0 Å². The van der Waals surface area contributed by atoms with E-state index >= 15 is 0 Å². The maximum absolute atomic E-state index is 11.4. The number of aromatic nitrogens is 3. The van der Waals surface area contributed by atoms with E-state index in [0.29, 0.717) is 18.6 Å². The van der Waals surface area contributed by atoms with E-state index in [-0.39, 0.29) is 17.6 Å². The Morgan fingerprint density at radius 2 is 1.65 bits per heavy atom. The predicted octanol–water partition coefficient (Wildman–Crippen LogP) is 3.85. The molecule has 34 heavy (non-hydrogen) atoms. The van der Waals surface area contributed by atoms with Crippen LogP contribution in [-0.2, 0) is 14.3 Å². The molecule has 1 aliphatic heterocycles. The highest BCUT2D eigenvalue weighted by Gasteiger charge is 2.23. The molecule has 3 amide bonds. The first-order valence-corrected chi connectivity index (χ1v) is 10.9. The summed E-state index contributed by atoms with van der Waals surface area (Å²) in [6.45, 7) is 7.38. The first-order valence-electron chi connectivity index (χ1n) is 10.9. The van der Waals surface area contributed by atoms with E-state index in [0.717, 1.165) is 48.0 Å². The summed E-state index contributed by atoms with van der Waals surface area (Å²) in [5.74, 6) is 0.758. The second-order valence-corrected chi connectivity index (χ2v) is 8.60. The van der Waals surface area contributed by atoms with Crippen molar-refractivity contribution < 1.29 is 19.1 Å². The Morgan fingerprint density at radius 3 is 2.26 bits per heavy atom. The SMILES string of the molecule is CC(C)(C)OC(=O)N1CCCC1.O=CNc1ccc2cc(-c3cnc(NC=O)nc3)ccc2n1. The molecule has 3 aromatic rings. The smallest absolute Gasteiger partial charge is 0.410 e. The number of ether oxygens (including phenoxy) is 1. The number of rotatable bonds is 5. The molecule has 0 saturated carbocycles. The van der Waals surface area contributed by atoms with Crippen molar-refractivity contribution in [3.8, 4) is 11.1 Å². The number of pyridine rings is 1. The number of fused-ring (bicyclic) bond motifs is 1. The van der Waals surface area contributed by atoms with Crippen molar-refractivity contribution in [1.29, 1.82) is 0 Å². The van der Waals surface area contributed by atoms with E-state index < -0.39 is 0 Å². The molecule has 1 aromatic carbocycles. The molecule has 0 unspecified atom stereocenters. The number of benzene rings is 1. The standard InChI is InChI=1S/C15H11N5O2.C9H17NO2/c21-8-18-14-4-2-11-5-10(1-3-13(11)20-14)12-6-16-15(17-7-12)19-9-22;1-9(2,3)12-8(11)10-6-4-5-7-10/h1-9H,(H,18,20,21)(H,16,17,19,22);4-7H2,1-3H3. The maximum Gasteiger partial charge on any atom is 0.410 e. The molecule has 178 valence electrons. The fourth-order valence-corrected chi connectivity index (χ4v) is 3.28. The van der Waals surface area contributed by atoms with Crippen molar-refractivity contribution in [2.45, 2.75) is 39.2 Å². The molecule has 0 bridgehead atoms. The highest BCUT2D eigenvalue weighted by atomic mass is 16.6. The minimum atomic E-state index is -0.361. The Labute approximate surface area is 197 Å². The number of nitrogens with zero attached hydrogens (tertiary/aromatic N) is 4. The molecule has 10 heteroatoms. The van der Waals surface area contributed by atoms with Crippen LogP contribution in [0, 0.1) is 0 Å². The van der Waals surface area contributed by atoms with Crippen LogP contribution in [0.2, 0.25) is 0 Å². The van der Waals surface area contributed by atoms with Gasteiger partial charge in [0.15, 0.2) is 0 Å². The topological polar surface area (TPSA) is 126 Å². The molecular formula is C24H28N6O4. The summed E-state index contributed by atoms with van der Waals surface area (Å²) in [5, 5.41) is 5.84.